The Bertz CT molecular complexity index is 65.7. The third-order valence-corrected chi connectivity index (χ3v) is 2.58. The Labute approximate surface area is 40.1 Å². The van der Waals surface area contributed by atoms with Crippen molar-refractivity contribution in [3.8, 4) is 0 Å². The molecule has 0 aliphatic carbocycles. The van der Waals surface area contributed by atoms with Crippen molar-refractivity contribution in [2.24, 2.45) is 0 Å². The van der Waals surface area contributed by atoms with E-state index in [-0.39, 0.29) is 5.98 Å². The quantitative estimate of drug-likeness (QED) is 0.482. The van der Waals surface area contributed by atoms with Gasteiger partial charge >= 0.3 is 0 Å². The van der Waals surface area contributed by atoms with Crippen molar-refractivity contribution in [2.75, 3.05) is 6.16 Å². The topological polar surface area (TPSA) is 0 Å². The van der Waals surface area contributed by atoms with Gasteiger partial charge in [0, 0.05) is 0 Å². The highest BCUT2D eigenvalue weighted by Crippen LogP contribution is 2.08. The van der Waals surface area contributed by atoms with Crippen LogP contribution in [-0.4, -0.2) is 6.16 Å². The van der Waals surface area contributed by atoms with E-state index in [2.05, 4.69) is 15.5 Å². The highest BCUT2D eigenvalue weighted by atomic mass is 32.5. The fourth-order valence-electron chi connectivity index (χ4n) is 0. The summed E-state index contributed by atoms with van der Waals surface area (Å²) < 4.78 is 0. The van der Waals surface area contributed by atoms with Crippen LogP contribution in [0, 0.1) is 0 Å². The highest BCUT2D eigenvalue weighted by molar-refractivity contribution is 8.15. The molecule has 0 radical (unpaired) electrons. The van der Waals surface area contributed by atoms with Crippen molar-refractivity contribution in [1.29, 1.82) is 0 Å². The summed E-state index contributed by atoms with van der Waals surface area (Å²) in [5, 5.41) is 0. The summed E-state index contributed by atoms with van der Waals surface area (Å²) in [6.45, 7) is 2.08. The molecule has 0 nitrogen and oxygen atoms in total. The average Bonchev–Trinajstić information content (AvgIpc) is 1.38. The largest absolute Gasteiger partial charge is 0.0866 e. The Morgan fingerprint density at radius 2 is 2.20 bits per heavy atom. The van der Waals surface area contributed by atoms with E-state index in [1.165, 1.54) is 0 Å². The highest BCUT2D eigenvalue weighted by Gasteiger charge is 1.59. The zero-order valence-corrected chi connectivity index (χ0v) is 5.77. The minimum absolute atomic E-state index is 0.209. The molecule has 3 heteroatoms. The van der Waals surface area contributed by atoms with Gasteiger partial charge in [0.1, 0.15) is 0 Å². The molecule has 0 amide bonds. The van der Waals surface area contributed by atoms with Crippen LogP contribution in [0.4, 0.5) is 0 Å². The van der Waals surface area contributed by atoms with Crippen molar-refractivity contribution in [3.05, 3.63) is 0 Å². The van der Waals surface area contributed by atoms with E-state index in [0.717, 1.165) is 6.16 Å². The molecule has 0 N–H and O–H groups in total. The fourth-order valence-corrected chi connectivity index (χ4v) is 0. The van der Waals surface area contributed by atoms with Gasteiger partial charge in [-0.25, -0.2) is 0 Å². The Hall–Kier alpha value is 0.820. The van der Waals surface area contributed by atoms with Gasteiger partial charge in [0.25, 0.3) is 0 Å². The molecule has 0 fully saturated rings. The lowest BCUT2D eigenvalue weighted by Crippen LogP contribution is -1.42. The van der Waals surface area contributed by atoms with Crippen molar-refractivity contribution < 1.29 is 0 Å². The summed E-state index contributed by atoms with van der Waals surface area (Å²) in [4.78, 5) is 0. The molecule has 0 rings (SSSR count). The van der Waals surface area contributed by atoms with E-state index in [0.29, 0.717) is 0 Å². The van der Waals surface area contributed by atoms with E-state index >= 15 is 0 Å². The van der Waals surface area contributed by atoms with Crippen LogP contribution in [0.3, 0.4) is 0 Å². The van der Waals surface area contributed by atoms with Crippen molar-refractivity contribution in [1.82, 2.24) is 0 Å². The first kappa shape index (κ1) is 5.82. The summed E-state index contributed by atoms with van der Waals surface area (Å²) in [5.41, 5.74) is 0. The van der Waals surface area contributed by atoms with Crippen molar-refractivity contribution in [2.45, 2.75) is 6.92 Å². The standard InChI is InChI=1S/C2H6P2S/c1-2-4(3)5/h3H,2H2,1H3. The Morgan fingerprint density at radius 1 is 2.00 bits per heavy atom. The average molecular weight is 124 g/mol. The summed E-state index contributed by atoms with van der Waals surface area (Å²) in [5.74, 6) is -0.209. The normalized spacial score (nSPS) is 11.0. The van der Waals surface area contributed by atoms with Gasteiger partial charge in [0.15, 0.2) is 0 Å². The smallest absolute Gasteiger partial charge is 0.00369 e. The lowest BCUT2D eigenvalue weighted by molar-refractivity contribution is 1.53. The monoisotopic (exact) mass is 124 g/mol. The molecular weight excluding hydrogens is 118 g/mol. The van der Waals surface area contributed by atoms with Gasteiger partial charge in [-0.3, -0.25) is 0 Å². The first-order valence-corrected chi connectivity index (χ1v) is 5.31. The summed E-state index contributed by atoms with van der Waals surface area (Å²) in [7, 11) is 3.30. The summed E-state index contributed by atoms with van der Waals surface area (Å²) in [6, 6.07) is 0. The molecule has 0 bridgehead atoms. The Kier molecular flexibility index (Phi) is 3.52. The zero-order valence-electron chi connectivity index (χ0n) is 3.06. The molecule has 0 heterocycles. The van der Waals surface area contributed by atoms with E-state index in [9.17, 15) is 0 Å². The van der Waals surface area contributed by atoms with Crippen LogP contribution >= 0.6 is 14.5 Å². The van der Waals surface area contributed by atoms with Gasteiger partial charge < -0.3 is 0 Å². The van der Waals surface area contributed by atoms with E-state index in [1.54, 1.807) is 0 Å². The second-order valence-electron chi connectivity index (χ2n) is 0.695. The molecular formula is C2H6P2S. The van der Waals surface area contributed by atoms with Crippen LogP contribution < -0.4 is 0 Å². The first-order valence-electron chi connectivity index (χ1n) is 1.43. The van der Waals surface area contributed by atoms with Crippen LogP contribution in [0.2, 0.25) is 0 Å². The predicted octanol–water partition coefficient (Wildman–Crippen LogP) is 2.01. The summed E-state index contributed by atoms with van der Waals surface area (Å²) >= 11 is 4.76. The van der Waals surface area contributed by atoms with Crippen molar-refractivity contribution >= 4 is 26.3 Å². The van der Waals surface area contributed by atoms with Gasteiger partial charge in [0.05, 0.1) is 0 Å². The maximum atomic E-state index is 4.76. The third-order valence-electron chi connectivity index (χ3n) is 0.287. The number of hydrogen-bond acceptors (Lipinski definition) is 1. The molecule has 0 saturated heterocycles. The number of rotatable bonds is 1. The molecule has 0 spiro atoms. The molecule has 1 unspecified atom stereocenters. The zero-order chi connectivity index (χ0) is 4.28. The molecule has 1 atom stereocenters. The van der Waals surface area contributed by atoms with Crippen LogP contribution in [0.5, 0.6) is 0 Å². The first-order chi connectivity index (χ1) is 2.27. The van der Waals surface area contributed by atoms with Gasteiger partial charge in [-0.2, -0.15) is 0 Å². The molecule has 0 aromatic rings. The molecule has 0 aromatic heterocycles. The molecule has 0 aliphatic heterocycles. The van der Waals surface area contributed by atoms with Gasteiger partial charge in [-0.15, -0.1) is 0 Å². The minimum Gasteiger partial charge on any atom is -0.0866 e. The minimum atomic E-state index is -0.209. The molecule has 0 saturated carbocycles. The molecule has 0 aliphatic rings. The molecule has 0 aromatic carbocycles. The predicted molar refractivity (Wildman–Crippen MR) is 33.1 cm³/mol. The van der Waals surface area contributed by atoms with Crippen LogP contribution in [0.15, 0.2) is 0 Å². The van der Waals surface area contributed by atoms with Crippen LogP contribution in [0.25, 0.3) is 0 Å². The van der Waals surface area contributed by atoms with E-state index in [1.807, 2.05) is 0 Å². The lowest BCUT2D eigenvalue weighted by Gasteiger charge is -1.65. The Balaban J connectivity index is 3.23. The number of hydrogen-bond donors (Lipinski definition) is 0. The van der Waals surface area contributed by atoms with Gasteiger partial charge in [-0.05, 0) is 12.1 Å². The third kappa shape index (κ3) is 4.82. The molecule has 5 heavy (non-hydrogen) atoms. The Morgan fingerprint density at radius 3 is 2.20 bits per heavy atom. The van der Waals surface area contributed by atoms with Crippen LogP contribution in [-0.2, 0) is 11.8 Å². The maximum absolute atomic E-state index is 4.76. The second kappa shape index (κ2) is 3.03. The maximum Gasteiger partial charge on any atom is -0.00369 e. The van der Waals surface area contributed by atoms with Gasteiger partial charge in [-0.1, -0.05) is 27.3 Å². The van der Waals surface area contributed by atoms with Crippen LogP contribution in [0.1, 0.15) is 6.92 Å². The van der Waals surface area contributed by atoms with E-state index < -0.39 is 0 Å². The lowest BCUT2D eigenvalue weighted by atomic mass is 11.0. The molecule has 30 valence electrons. The SMILES string of the molecule is CCP(=P)=S. The van der Waals surface area contributed by atoms with Crippen molar-refractivity contribution in [3.63, 3.8) is 0 Å². The second-order valence-corrected chi connectivity index (χ2v) is 6.00. The van der Waals surface area contributed by atoms with E-state index in [4.69, 9.17) is 11.8 Å². The fraction of sp³-hybridized carbons (Fsp3) is 1.00. The summed E-state index contributed by atoms with van der Waals surface area (Å²) in [6.07, 6.45) is 1.10. The van der Waals surface area contributed by atoms with Gasteiger partial charge in [0.2, 0.25) is 0 Å².